The molecule has 0 aliphatic heterocycles. The highest BCUT2D eigenvalue weighted by molar-refractivity contribution is 5.83. The van der Waals surface area contributed by atoms with Crippen LogP contribution >= 0.6 is 0 Å². The van der Waals surface area contributed by atoms with Crippen LogP contribution in [-0.2, 0) is 17.6 Å². The average Bonchev–Trinajstić information content (AvgIpc) is 2.55. The van der Waals surface area contributed by atoms with E-state index in [1.165, 1.54) is 62.5 Å². The van der Waals surface area contributed by atoms with Gasteiger partial charge in [-0.15, -0.1) is 0 Å². The predicted molar refractivity (Wildman–Crippen MR) is 92.3 cm³/mol. The number of hydrogen-bond acceptors (Lipinski definition) is 1. The normalized spacial score (nSPS) is 25.0. The molecule has 1 heteroatoms. The van der Waals surface area contributed by atoms with Gasteiger partial charge in [0.2, 0.25) is 0 Å². The number of unbranched alkanes of at least 4 members (excludes halogenated alkanes) is 2. The Bertz CT molecular complexity index is 509. The van der Waals surface area contributed by atoms with Crippen LogP contribution in [-0.4, -0.2) is 5.78 Å². The summed E-state index contributed by atoms with van der Waals surface area (Å²) in [7, 11) is 0. The van der Waals surface area contributed by atoms with Crippen LogP contribution in [0, 0.1) is 5.92 Å². The summed E-state index contributed by atoms with van der Waals surface area (Å²) < 4.78 is 0. The molecule has 2 aliphatic rings. The van der Waals surface area contributed by atoms with Gasteiger partial charge in [0, 0.05) is 12.8 Å². The second-order valence-corrected chi connectivity index (χ2v) is 7.46. The molecule has 1 nitrogen and oxygen atoms in total. The number of ketones is 1. The molecule has 1 fully saturated rings. The monoisotopic (exact) mass is 298 g/mol. The van der Waals surface area contributed by atoms with Crippen molar-refractivity contribution >= 4 is 5.78 Å². The molecule has 0 saturated heterocycles. The van der Waals surface area contributed by atoms with Gasteiger partial charge in [0.05, 0.1) is 0 Å². The molecule has 0 aromatic heterocycles. The van der Waals surface area contributed by atoms with Crippen LogP contribution in [0.5, 0.6) is 0 Å². The smallest absolute Gasteiger partial charge is 0.137 e. The maximum absolute atomic E-state index is 11.6. The number of benzene rings is 1. The fraction of sp³-hybridized carbons (Fsp3) is 0.667. The Morgan fingerprint density at radius 1 is 1.00 bits per heavy atom. The molecule has 0 N–H and O–H groups in total. The van der Waals surface area contributed by atoms with Crippen molar-refractivity contribution in [1.82, 2.24) is 0 Å². The molecule has 0 unspecified atom stereocenters. The molecule has 0 heterocycles. The third kappa shape index (κ3) is 3.80. The van der Waals surface area contributed by atoms with Gasteiger partial charge in [-0.25, -0.2) is 0 Å². The molecule has 0 amide bonds. The van der Waals surface area contributed by atoms with Gasteiger partial charge in [-0.3, -0.25) is 4.79 Å². The Morgan fingerprint density at radius 3 is 2.59 bits per heavy atom. The summed E-state index contributed by atoms with van der Waals surface area (Å²) in [6.45, 7) is 2.29. The van der Waals surface area contributed by atoms with E-state index in [9.17, 15) is 4.79 Å². The Labute approximate surface area is 135 Å². The van der Waals surface area contributed by atoms with Crippen LogP contribution in [0.25, 0.3) is 0 Å². The molecule has 1 saturated carbocycles. The minimum atomic E-state index is 0.410. The number of carbonyl (C=O) groups excluding carboxylic acids is 1. The standard InChI is InChI=1S/C21H30O/c1-2-3-4-5-16-6-8-17(9-7-16)18-10-11-20-15-21(22)13-12-19(20)14-18/h10-11,14,16-17H,2-9,12-13,15H2,1H3. The highest BCUT2D eigenvalue weighted by atomic mass is 16.1. The van der Waals surface area contributed by atoms with E-state index >= 15 is 0 Å². The molecule has 0 spiro atoms. The van der Waals surface area contributed by atoms with Gasteiger partial charge in [-0.05, 0) is 60.6 Å². The molecule has 0 atom stereocenters. The van der Waals surface area contributed by atoms with E-state index in [2.05, 4.69) is 25.1 Å². The summed E-state index contributed by atoms with van der Waals surface area (Å²) in [4.78, 5) is 11.6. The van der Waals surface area contributed by atoms with E-state index in [0.29, 0.717) is 12.2 Å². The summed E-state index contributed by atoms with van der Waals surface area (Å²) in [5.74, 6) is 2.16. The highest BCUT2D eigenvalue weighted by Gasteiger charge is 2.23. The lowest BCUT2D eigenvalue weighted by molar-refractivity contribution is -0.118. The topological polar surface area (TPSA) is 17.1 Å². The van der Waals surface area contributed by atoms with Gasteiger partial charge in [-0.2, -0.15) is 0 Å². The maximum Gasteiger partial charge on any atom is 0.137 e. The third-order valence-electron chi connectivity index (χ3n) is 5.83. The van der Waals surface area contributed by atoms with Gasteiger partial charge in [-0.1, -0.05) is 50.8 Å². The highest BCUT2D eigenvalue weighted by Crippen LogP contribution is 2.38. The number of fused-ring (bicyclic) bond motifs is 1. The van der Waals surface area contributed by atoms with E-state index < -0.39 is 0 Å². The first-order valence-corrected chi connectivity index (χ1v) is 9.39. The number of carbonyl (C=O) groups is 1. The van der Waals surface area contributed by atoms with Crippen LogP contribution in [0.15, 0.2) is 18.2 Å². The zero-order valence-electron chi connectivity index (χ0n) is 14.1. The van der Waals surface area contributed by atoms with E-state index in [0.717, 1.165) is 24.7 Å². The predicted octanol–water partition coefficient (Wildman–Crippen LogP) is 5.60. The van der Waals surface area contributed by atoms with Gasteiger partial charge in [0.15, 0.2) is 0 Å². The quantitative estimate of drug-likeness (QED) is 0.647. The van der Waals surface area contributed by atoms with Crippen molar-refractivity contribution in [3.63, 3.8) is 0 Å². The van der Waals surface area contributed by atoms with Crippen molar-refractivity contribution in [3.05, 3.63) is 34.9 Å². The van der Waals surface area contributed by atoms with Crippen LogP contribution < -0.4 is 0 Å². The molecule has 120 valence electrons. The van der Waals surface area contributed by atoms with E-state index in [1.54, 1.807) is 5.56 Å². The molecule has 1 aromatic rings. The lowest BCUT2D eigenvalue weighted by atomic mass is 9.76. The lowest BCUT2D eigenvalue weighted by Crippen LogP contribution is -2.16. The molecule has 1 aromatic carbocycles. The summed E-state index contributed by atoms with van der Waals surface area (Å²) in [5, 5.41) is 0. The Balaban J connectivity index is 1.56. The molecule has 0 radical (unpaired) electrons. The lowest BCUT2D eigenvalue weighted by Gasteiger charge is -2.29. The summed E-state index contributed by atoms with van der Waals surface area (Å²) in [5.41, 5.74) is 4.27. The number of Topliss-reactive ketones (excluding diaryl/α,β-unsaturated/α-hetero) is 1. The fourth-order valence-corrected chi connectivity index (χ4v) is 4.35. The van der Waals surface area contributed by atoms with Crippen LogP contribution in [0.1, 0.15) is 87.3 Å². The molecule has 22 heavy (non-hydrogen) atoms. The van der Waals surface area contributed by atoms with Crippen molar-refractivity contribution in [3.8, 4) is 0 Å². The van der Waals surface area contributed by atoms with Crippen LogP contribution in [0.4, 0.5) is 0 Å². The first kappa shape index (κ1) is 15.8. The van der Waals surface area contributed by atoms with Crippen molar-refractivity contribution in [1.29, 1.82) is 0 Å². The SMILES string of the molecule is CCCCCC1CCC(c2ccc3c(c2)CCC(=O)C3)CC1. The Hall–Kier alpha value is -1.11. The van der Waals surface area contributed by atoms with Gasteiger partial charge in [0.1, 0.15) is 5.78 Å². The maximum atomic E-state index is 11.6. The molecule has 2 aliphatic carbocycles. The molecular formula is C21H30O. The van der Waals surface area contributed by atoms with Crippen molar-refractivity contribution in [2.75, 3.05) is 0 Å². The van der Waals surface area contributed by atoms with Crippen LogP contribution in [0.2, 0.25) is 0 Å². The minimum Gasteiger partial charge on any atom is -0.299 e. The first-order valence-electron chi connectivity index (χ1n) is 9.39. The summed E-state index contributed by atoms with van der Waals surface area (Å²) in [6, 6.07) is 6.96. The number of hydrogen-bond donors (Lipinski definition) is 0. The Morgan fingerprint density at radius 2 is 1.82 bits per heavy atom. The van der Waals surface area contributed by atoms with E-state index in [-0.39, 0.29) is 0 Å². The zero-order valence-corrected chi connectivity index (χ0v) is 14.1. The number of rotatable bonds is 5. The van der Waals surface area contributed by atoms with Crippen molar-refractivity contribution in [2.45, 2.75) is 83.5 Å². The van der Waals surface area contributed by atoms with Gasteiger partial charge < -0.3 is 0 Å². The van der Waals surface area contributed by atoms with Crippen LogP contribution in [0.3, 0.4) is 0 Å². The second kappa shape index (κ2) is 7.44. The first-order chi connectivity index (χ1) is 10.8. The fourth-order valence-electron chi connectivity index (χ4n) is 4.35. The minimum absolute atomic E-state index is 0.410. The molecular weight excluding hydrogens is 268 g/mol. The van der Waals surface area contributed by atoms with Gasteiger partial charge in [0.25, 0.3) is 0 Å². The molecule has 0 bridgehead atoms. The zero-order chi connectivity index (χ0) is 15.4. The largest absolute Gasteiger partial charge is 0.299 e. The second-order valence-electron chi connectivity index (χ2n) is 7.46. The van der Waals surface area contributed by atoms with Crippen molar-refractivity contribution in [2.24, 2.45) is 5.92 Å². The summed E-state index contributed by atoms with van der Waals surface area (Å²) in [6.07, 6.45) is 13.6. The van der Waals surface area contributed by atoms with Crippen molar-refractivity contribution < 1.29 is 4.79 Å². The average molecular weight is 298 g/mol. The van der Waals surface area contributed by atoms with E-state index in [1.807, 2.05) is 0 Å². The Kier molecular flexibility index (Phi) is 5.33. The van der Waals surface area contributed by atoms with E-state index in [4.69, 9.17) is 0 Å². The third-order valence-corrected chi connectivity index (χ3v) is 5.83. The number of aryl methyl sites for hydroxylation is 1. The molecule has 3 rings (SSSR count). The summed E-state index contributed by atoms with van der Waals surface area (Å²) >= 11 is 0. The van der Waals surface area contributed by atoms with Gasteiger partial charge >= 0.3 is 0 Å².